The first-order valence-electron chi connectivity index (χ1n) is 9.57. The number of aryl methyl sites for hydroxylation is 1. The molecule has 0 saturated carbocycles. The fraction of sp³-hybridized carbons (Fsp3) is 0.333. The maximum absolute atomic E-state index is 13.6. The van der Waals surface area contributed by atoms with Gasteiger partial charge in [-0.2, -0.15) is 4.37 Å². The lowest BCUT2D eigenvalue weighted by molar-refractivity contribution is 0.391. The molecule has 9 heteroatoms. The van der Waals surface area contributed by atoms with Crippen molar-refractivity contribution in [1.29, 1.82) is 0 Å². The zero-order chi connectivity index (χ0) is 21.3. The fourth-order valence-electron chi connectivity index (χ4n) is 3.76. The molecule has 1 aromatic heterocycles. The van der Waals surface area contributed by atoms with Crippen LogP contribution in [0.3, 0.4) is 0 Å². The molecule has 1 aliphatic rings. The highest BCUT2D eigenvalue weighted by atomic mass is 32.2. The van der Waals surface area contributed by atoms with E-state index in [1.807, 2.05) is 6.07 Å². The number of rotatable bonds is 7. The maximum Gasteiger partial charge on any atom is 0.266 e. The Morgan fingerprint density at radius 2 is 2.00 bits per heavy atom. The molecule has 7 nitrogen and oxygen atoms in total. The maximum atomic E-state index is 13.6. The lowest BCUT2D eigenvalue weighted by Crippen LogP contribution is -2.30. The van der Waals surface area contributed by atoms with Crippen molar-refractivity contribution >= 4 is 26.7 Å². The van der Waals surface area contributed by atoms with Crippen LogP contribution in [0, 0.1) is 0 Å². The quantitative estimate of drug-likeness (QED) is 0.547. The van der Waals surface area contributed by atoms with Gasteiger partial charge in [-0.15, -0.1) is 0 Å². The molecule has 1 heterocycles. The highest BCUT2D eigenvalue weighted by Gasteiger charge is 2.30. The third-order valence-electron chi connectivity index (χ3n) is 5.45. The van der Waals surface area contributed by atoms with Crippen LogP contribution in [0.1, 0.15) is 36.0 Å². The molecule has 1 unspecified atom stereocenters. The topological polar surface area (TPSA) is 81.6 Å². The Hall–Kier alpha value is -2.65. The molecule has 0 N–H and O–H groups in total. The second-order valence-electron chi connectivity index (χ2n) is 7.21. The van der Waals surface area contributed by atoms with Gasteiger partial charge < -0.3 is 9.47 Å². The molecule has 1 aliphatic carbocycles. The van der Waals surface area contributed by atoms with Crippen molar-refractivity contribution in [3.8, 4) is 11.5 Å². The molecular formula is C21H23N3O4S2. The Morgan fingerprint density at radius 3 is 2.70 bits per heavy atom. The fourth-order valence-corrected chi connectivity index (χ4v) is 5.94. The molecule has 0 fully saturated rings. The van der Waals surface area contributed by atoms with Crippen molar-refractivity contribution < 1.29 is 17.9 Å². The van der Waals surface area contributed by atoms with E-state index in [1.165, 1.54) is 16.2 Å². The van der Waals surface area contributed by atoms with E-state index in [4.69, 9.17) is 9.47 Å². The SMILES string of the molecule is COc1ccc(CN(c2ncns2)S(=O)(=O)c2ccc3c(c2)CCC3C)c(OC)c1. The first kappa shape index (κ1) is 20.6. The summed E-state index contributed by atoms with van der Waals surface area (Å²) in [4.78, 5) is 4.43. The van der Waals surface area contributed by atoms with Gasteiger partial charge in [0.05, 0.1) is 25.7 Å². The van der Waals surface area contributed by atoms with Gasteiger partial charge in [0, 0.05) is 23.2 Å². The number of aromatic nitrogens is 2. The zero-order valence-electron chi connectivity index (χ0n) is 17.0. The summed E-state index contributed by atoms with van der Waals surface area (Å²) < 4.78 is 43.3. The number of sulfonamides is 1. The average Bonchev–Trinajstić information content (AvgIpc) is 3.41. The monoisotopic (exact) mass is 445 g/mol. The van der Waals surface area contributed by atoms with E-state index in [9.17, 15) is 8.42 Å². The highest BCUT2D eigenvalue weighted by Crippen LogP contribution is 2.36. The van der Waals surface area contributed by atoms with Gasteiger partial charge in [0.25, 0.3) is 10.0 Å². The summed E-state index contributed by atoms with van der Waals surface area (Å²) in [6.45, 7) is 2.24. The smallest absolute Gasteiger partial charge is 0.266 e. The number of ether oxygens (including phenoxy) is 2. The Kier molecular flexibility index (Phi) is 5.66. The van der Waals surface area contributed by atoms with Crippen LogP contribution in [0.2, 0.25) is 0 Å². The van der Waals surface area contributed by atoms with Crippen molar-refractivity contribution in [2.24, 2.45) is 0 Å². The molecule has 0 saturated heterocycles. The second kappa shape index (κ2) is 8.23. The Balaban J connectivity index is 1.75. The predicted molar refractivity (Wildman–Crippen MR) is 116 cm³/mol. The van der Waals surface area contributed by atoms with Crippen LogP contribution in [0.25, 0.3) is 0 Å². The number of methoxy groups -OCH3 is 2. The number of anilines is 1. The summed E-state index contributed by atoms with van der Waals surface area (Å²) in [5, 5.41) is 0.307. The summed E-state index contributed by atoms with van der Waals surface area (Å²) in [6.07, 6.45) is 3.30. The molecule has 30 heavy (non-hydrogen) atoms. The van der Waals surface area contributed by atoms with Crippen molar-refractivity contribution in [2.45, 2.75) is 37.1 Å². The van der Waals surface area contributed by atoms with Crippen molar-refractivity contribution in [1.82, 2.24) is 9.36 Å². The summed E-state index contributed by atoms with van der Waals surface area (Å²) in [6, 6.07) is 10.7. The molecule has 0 amide bonds. The predicted octanol–water partition coefficient (Wildman–Crippen LogP) is 4.00. The number of benzene rings is 2. The van der Waals surface area contributed by atoms with E-state index in [2.05, 4.69) is 16.3 Å². The molecule has 0 bridgehead atoms. The highest BCUT2D eigenvalue weighted by molar-refractivity contribution is 7.93. The zero-order valence-corrected chi connectivity index (χ0v) is 18.7. The Bertz CT molecular complexity index is 1150. The van der Waals surface area contributed by atoms with Gasteiger partial charge in [-0.25, -0.2) is 17.7 Å². The van der Waals surface area contributed by atoms with Crippen LogP contribution in [0.4, 0.5) is 5.13 Å². The van der Waals surface area contributed by atoms with Gasteiger partial charge in [0.1, 0.15) is 17.8 Å². The third kappa shape index (κ3) is 3.75. The molecule has 0 spiro atoms. The number of fused-ring (bicyclic) bond motifs is 1. The van der Waals surface area contributed by atoms with Crippen LogP contribution in [0.15, 0.2) is 47.6 Å². The molecule has 4 rings (SSSR count). The van der Waals surface area contributed by atoms with E-state index in [1.54, 1.807) is 44.6 Å². The van der Waals surface area contributed by atoms with Crippen LogP contribution in [-0.4, -0.2) is 32.0 Å². The Labute approximate surface area is 180 Å². The lowest BCUT2D eigenvalue weighted by atomic mass is 10.0. The molecule has 0 aliphatic heterocycles. The standard InChI is InChI=1S/C21H23N3O4S2/c1-14-4-5-15-10-18(8-9-19(14)15)30(25,26)24(21-22-13-23-29-21)12-16-6-7-17(27-2)11-20(16)28-3/h6-11,13-14H,4-5,12H2,1-3H3. The lowest BCUT2D eigenvalue weighted by Gasteiger charge is -2.23. The van der Waals surface area contributed by atoms with Gasteiger partial charge >= 0.3 is 0 Å². The van der Waals surface area contributed by atoms with Crippen molar-refractivity contribution in [2.75, 3.05) is 18.5 Å². The van der Waals surface area contributed by atoms with Crippen molar-refractivity contribution in [3.63, 3.8) is 0 Å². The molecule has 158 valence electrons. The molecular weight excluding hydrogens is 422 g/mol. The van der Waals surface area contributed by atoms with Crippen molar-refractivity contribution in [3.05, 3.63) is 59.4 Å². The first-order valence-corrected chi connectivity index (χ1v) is 11.8. The molecule has 2 aromatic carbocycles. The second-order valence-corrected chi connectivity index (χ2v) is 9.83. The molecule has 1 atom stereocenters. The minimum absolute atomic E-state index is 0.0676. The van der Waals surface area contributed by atoms with E-state index in [0.717, 1.165) is 29.9 Å². The summed E-state index contributed by atoms with van der Waals surface area (Å²) in [5.41, 5.74) is 3.03. The van der Waals surface area contributed by atoms with E-state index in [-0.39, 0.29) is 11.4 Å². The van der Waals surface area contributed by atoms with Crippen LogP contribution in [0.5, 0.6) is 11.5 Å². The molecule has 3 aromatic rings. The van der Waals surface area contributed by atoms with E-state index in [0.29, 0.717) is 28.1 Å². The number of hydrogen-bond acceptors (Lipinski definition) is 7. The summed E-state index contributed by atoms with van der Waals surface area (Å²) >= 11 is 1.04. The van der Waals surface area contributed by atoms with E-state index < -0.39 is 10.0 Å². The average molecular weight is 446 g/mol. The Morgan fingerprint density at radius 1 is 1.17 bits per heavy atom. The summed E-state index contributed by atoms with van der Waals surface area (Å²) in [7, 11) is -0.732. The van der Waals surface area contributed by atoms with Gasteiger partial charge in [0.2, 0.25) is 5.13 Å². The van der Waals surface area contributed by atoms with Gasteiger partial charge in [-0.05, 0) is 54.2 Å². The van der Waals surface area contributed by atoms with Gasteiger partial charge in [-0.1, -0.05) is 13.0 Å². The van der Waals surface area contributed by atoms with Crippen LogP contribution >= 0.6 is 11.5 Å². The van der Waals surface area contributed by atoms with E-state index >= 15 is 0 Å². The largest absolute Gasteiger partial charge is 0.497 e. The number of nitrogens with zero attached hydrogens (tertiary/aromatic N) is 3. The van der Waals surface area contributed by atoms with Crippen LogP contribution < -0.4 is 13.8 Å². The summed E-state index contributed by atoms with van der Waals surface area (Å²) in [5.74, 6) is 1.63. The minimum atomic E-state index is -3.85. The van der Waals surface area contributed by atoms with Crippen LogP contribution in [-0.2, 0) is 23.0 Å². The number of hydrogen-bond donors (Lipinski definition) is 0. The molecule has 0 radical (unpaired) electrons. The first-order chi connectivity index (χ1) is 14.4. The minimum Gasteiger partial charge on any atom is -0.497 e. The normalized spacial score (nSPS) is 15.6. The van der Waals surface area contributed by atoms with Gasteiger partial charge in [-0.3, -0.25) is 0 Å². The van der Waals surface area contributed by atoms with Gasteiger partial charge in [0.15, 0.2) is 0 Å². The third-order valence-corrected chi connectivity index (χ3v) is 7.99.